The highest BCUT2D eigenvalue weighted by Crippen LogP contribution is 2.32. The molecule has 2 rings (SSSR count). The van der Waals surface area contributed by atoms with E-state index in [4.69, 9.17) is 9.47 Å². The summed E-state index contributed by atoms with van der Waals surface area (Å²) in [6, 6.07) is 8.43. The second kappa shape index (κ2) is 10.5. The normalized spacial score (nSPS) is 10.7. The van der Waals surface area contributed by atoms with Crippen molar-refractivity contribution in [2.75, 3.05) is 18.8 Å². The van der Waals surface area contributed by atoms with Gasteiger partial charge in [0.25, 0.3) is 0 Å². The molecule has 1 amide bonds. The summed E-state index contributed by atoms with van der Waals surface area (Å²) in [4.78, 5) is 11.4. The van der Waals surface area contributed by atoms with Crippen molar-refractivity contribution in [1.29, 1.82) is 0 Å². The van der Waals surface area contributed by atoms with Crippen molar-refractivity contribution in [3.8, 4) is 17.2 Å². The lowest BCUT2D eigenvalue weighted by atomic mass is 10.00. The van der Waals surface area contributed by atoms with E-state index in [0.29, 0.717) is 29.6 Å². The second-order valence-electron chi connectivity index (χ2n) is 7.03. The van der Waals surface area contributed by atoms with Crippen LogP contribution in [0.4, 0.5) is 5.69 Å². The molecule has 2 aromatic rings. The Labute approximate surface area is 177 Å². The Hall–Kier alpha value is -3.25. The van der Waals surface area contributed by atoms with Gasteiger partial charge in [-0.25, -0.2) is 0 Å². The Morgan fingerprint density at radius 3 is 2.43 bits per heavy atom. The number of hydrogen-bond donors (Lipinski definition) is 2. The molecule has 0 radical (unpaired) electrons. The largest absolute Gasteiger partial charge is 0.508 e. The third-order valence-corrected chi connectivity index (χ3v) is 4.43. The van der Waals surface area contributed by atoms with E-state index in [1.54, 1.807) is 30.3 Å². The highest BCUT2D eigenvalue weighted by Gasteiger charge is 2.14. The number of benzene rings is 2. The highest BCUT2D eigenvalue weighted by atomic mass is 16.5. The maximum absolute atomic E-state index is 11.4. The van der Waals surface area contributed by atoms with Crippen molar-refractivity contribution in [2.45, 2.75) is 34.1 Å². The van der Waals surface area contributed by atoms with Crippen LogP contribution in [0.25, 0.3) is 12.2 Å². The molecule has 0 heterocycles. The lowest BCUT2D eigenvalue weighted by Gasteiger charge is -2.16. The first-order valence-electron chi connectivity index (χ1n) is 9.74. The summed E-state index contributed by atoms with van der Waals surface area (Å²) in [6.07, 6.45) is 6.56. The minimum atomic E-state index is -0.510. The van der Waals surface area contributed by atoms with Crippen molar-refractivity contribution >= 4 is 23.7 Å². The molecular formula is C24H29NO5. The molecule has 0 aromatic heterocycles. The van der Waals surface area contributed by atoms with Gasteiger partial charge in [0.1, 0.15) is 22.9 Å². The molecule has 30 heavy (non-hydrogen) atoms. The van der Waals surface area contributed by atoms with E-state index in [1.807, 2.05) is 32.9 Å². The molecule has 0 aliphatic rings. The SMILES string of the molecule is CCOc1cc(O)cc(C=Cc2ccc(N(O)C(C)=O)c(OC)c2)c1CC=C(C)C. The summed E-state index contributed by atoms with van der Waals surface area (Å²) in [5.41, 5.74) is 4.09. The molecule has 6 heteroatoms. The number of carbonyl (C=O) groups is 1. The molecule has 0 saturated heterocycles. The zero-order valence-corrected chi connectivity index (χ0v) is 18.1. The van der Waals surface area contributed by atoms with Crippen LogP contribution < -0.4 is 14.5 Å². The van der Waals surface area contributed by atoms with Crippen molar-refractivity contribution in [3.63, 3.8) is 0 Å². The Morgan fingerprint density at radius 1 is 1.10 bits per heavy atom. The molecule has 2 aromatic carbocycles. The smallest absolute Gasteiger partial charge is 0.247 e. The van der Waals surface area contributed by atoms with Gasteiger partial charge in [-0.1, -0.05) is 29.9 Å². The Kier molecular flexibility index (Phi) is 8.07. The van der Waals surface area contributed by atoms with E-state index in [9.17, 15) is 15.1 Å². The Morgan fingerprint density at radius 2 is 1.83 bits per heavy atom. The average molecular weight is 411 g/mol. The van der Waals surface area contributed by atoms with Crippen LogP contribution in [0.2, 0.25) is 0 Å². The van der Waals surface area contributed by atoms with Crippen molar-refractivity contribution in [2.24, 2.45) is 0 Å². The van der Waals surface area contributed by atoms with Crippen LogP contribution in [-0.2, 0) is 11.2 Å². The number of allylic oxidation sites excluding steroid dienone is 2. The van der Waals surface area contributed by atoms with Crippen LogP contribution in [-0.4, -0.2) is 29.9 Å². The van der Waals surface area contributed by atoms with Crippen LogP contribution >= 0.6 is 0 Å². The van der Waals surface area contributed by atoms with Gasteiger partial charge in [0.05, 0.1) is 13.7 Å². The summed E-state index contributed by atoms with van der Waals surface area (Å²) >= 11 is 0. The maximum atomic E-state index is 11.4. The zero-order chi connectivity index (χ0) is 22.3. The summed E-state index contributed by atoms with van der Waals surface area (Å²) < 4.78 is 11.0. The van der Waals surface area contributed by atoms with Crippen LogP contribution in [0.5, 0.6) is 17.2 Å². The fourth-order valence-corrected chi connectivity index (χ4v) is 2.94. The number of rotatable bonds is 8. The van der Waals surface area contributed by atoms with E-state index < -0.39 is 5.91 Å². The first-order chi connectivity index (χ1) is 14.3. The Balaban J connectivity index is 2.45. The van der Waals surface area contributed by atoms with Gasteiger partial charge < -0.3 is 14.6 Å². The quantitative estimate of drug-likeness (QED) is 0.269. The number of carbonyl (C=O) groups excluding carboxylic acids is 1. The van der Waals surface area contributed by atoms with Gasteiger partial charge in [-0.05, 0) is 56.5 Å². The van der Waals surface area contributed by atoms with E-state index >= 15 is 0 Å². The summed E-state index contributed by atoms with van der Waals surface area (Å²) in [5, 5.41) is 20.6. The molecule has 6 nitrogen and oxygen atoms in total. The van der Waals surface area contributed by atoms with E-state index in [0.717, 1.165) is 16.7 Å². The molecule has 0 spiro atoms. The summed E-state index contributed by atoms with van der Waals surface area (Å²) in [7, 11) is 1.47. The van der Waals surface area contributed by atoms with Gasteiger partial charge in [-0.3, -0.25) is 10.0 Å². The summed E-state index contributed by atoms with van der Waals surface area (Å²) in [6.45, 7) is 7.74. The number of hydrogen-bond acceptors (Lipinski definition) is 5. The molecule has 0 saturated carbocycles. The fourth-order valence-electron chi connectivity index (χ4n) is 2.94. The molecule has 2 N–H and O–H groups in total. The van der Waals surface area contributed by atoms with Gasteiger partial charge in [0, 0.05) is 18.6 Å². The number of amides is 1. The van der Waals surface area contributed by atoms with E-state index in [-0.39, 0.29) is 11.4 Å². The predicted octanol–water partition coefficient (Wildman–Crippen LogP) is 5.22. The number of methoxy groups -OCH3 is 1. The first-order valence-corrected chi connectivity index (χ1v) is 9.74. The molecule has 0 fully saturated rings. The van der Waals surface area contributed by atoms with Crippen molar-refractivity contribution < 1.29 is 24.6 Å². The van der Waals surface area contributed by atoms with Crippen molar-refractivity contribution in [3.05, 3.63) is 58.7 Å². The molecule has 0 atom stereocenters. The van der Waals surface area contributed by atoms with Gasteiger partial charge in [0.15, 0.2) is 0 Å². The number of aromatic hydroxyl groups is 1. The number of anilines is 1. The third kappa shape index (κ3) is 5.87. The third-order valence-electron chi connectivity index (χ3n) is 4.43. The van der Waals surface area contributed by atoms with Gasteiger partial charge in [0.2, 0.25) is 5.91 Å². The minimum Gasteiger partial charge on any atom is -0.508 e. The molecule has 160 valence electrons. The number of phenols is 1. The monoisotopic (exact) mass is 411 g/mol. The standard InChI is InChI=1S/C24H29NO5/c1-6-30-23-15-20(27)14-19(21(23)11-7-16(2)3)10-8-18-9-12-22(24(13-18)29-5)25(28)17(4)26/h7-10,12-15,27-28H,6,11H2,1-5H3. The number of ether oxygens (including phenoxy) is 2. The minimum absolute atomic E-state index is 0.129. The predicted molar refractivity (Wildman–Crippen MR) is 119 cm³/mol. The zero-order valence-electron chi connectivity index (χ0n) is 18.1. The van der Waals surface area contributed by atoms with E-state index in [2.05, 4.69) is 6.08 Å². The molecule has 0 aliphatic carbocycles. The molecule has 0 bridgehead atoms. The maximum Gasteiger partial charge on any atom is 0.247 e. The van der Waals surface area contributed by atoms with Gasteiger partial charge in [-0.2, -0.15) is 5.06 Å². The first kappa shape index (κ1) is 23.0. The molecule has 0 aliphatic heterocycles. The van der Waals surface area contributed by atoms with E-state index in [1.165, 1.54) is 19.6 Å². The summed E-state index contributed by atoms with van der Waals surface area (Å²) in [5.74, 6) is 0.638. The topological polar surface area (TPSA) is 79.2 Å². The number of hydroxylamine groups is 1. The van der Waals surface area contributed by atoms with Crippen LogP contribution in [0.15, 0.2) is 42.0 Å². The van der Waals surface area contributed by atoms with Crippen LogP contribution in [0.3, 0.4) is 0 Å². The fraction of sp³-hybridized carbons (Fsp3) is 0.292. The van der Waals surface area contributed by atoms with Crippen LogP contribution in [0, 0.1) is 0 Å². The average Bonchev–Trinajstić information content (AvgIpc) is 2.70. The van der Waals surface area contributed by atoms with Gasteiger partial charge >= 0.3 is 0 Å². The van der Waals surface area contributed by atoms with Crippen molar-refractivity contribution in [1.82, 2.24) is 0 Å². The highest BCUT2D eigenvalue weighted by molar-refractivity contribution is 5.91. The number of phenolic OH excluding ortho intramolecular Hbond substituents is 1. The van der Waals surface area contributed by atoms with Crippen LogP contribution in [0.1, 0.15) is 44.4 Å². The lowest BCUT2D eigenvalue weighted by molar-refractivity contribution is -0.121. The second-order valence-corrected chi connectivity index (χ2v) is 7.03. The lowest BCUT2D eigenvalue weighted by Crippen LogP contribution is -2.24. The Bertz CT molecular complexity index is 958. The number of nitrogens with zero attached hydrogens (tertiary/aromatic N) is 1. The molecule has 0 unspecified atom stereocenters. The molecular weight excluding hydrogens is 382 g/mol. The van der Waals surface area contributed by atoms with Gasteiger partial charge in [-0.15, -0.1) is 0 Å².